The minimum Gasteiger partial charge on any atom is -0.491 e. The number of methoxy groups -OCH3 is 1. The van der Waals surface area contributed by atoms with Crippen LogP contribution in [0.3, 0.4) is 0 Å². The van der Waals surface area contributed by atoms with Gasteiger partial charge in [-0.15, -0.1) is 0 Å². The van der Waals surface area contributed by atoms with Crippen molar-refractivity contribution in [2.45, 2.75) is 4.90 Å². The fourth-order valence-electron chi connectivity index (χ4n) is 3.18. The van der Waals surface area contributed by atoms with Crippen LogP contribution in [0.5, 0.6) is 5.75 Å². The van der Waals surface area contributed by atoms with Crippen LogP contribution in [-0.2, 0) is 4.74 Å². The molecule has 9 nitrogen and oxygen atoms in total. The average Bonchev–Trinajstić information content (AvgIpc) is 2.85. The van der Waals surface area contributed by atoms with Crippen molar-refractivity contribution in [3.05, 3.63) is 54.7 Å². The van der Waals surface area contributed by atoms with Crippen molar-refractivity contribution in [2.75, 3.05) is 49.4 Å². The number of carbonyl (C=O) groups is 1. The molecule has 3 aromatic rings. The van der Waals surface area contributed by atoms with Gasteiger partial charge in [0.1, 0.15) is 0 Å². The molecule has 4 rings (SSSR count). The number of morpholine rings is 1. The lowest BCUT2D eigenvalue weighted by Gasteiger charge is -2.28. The number of nitrogens with one attached hydrogen (secondary N) is 2. The van der Waals surface area contributed by atoms with E-state index in [9.17, 15) is 4.79 Å². The number of para-hydroxylation sites is 2. The first-order valence-electron chi connectivity index (χ1n) is 10.1. The summed E-state index contributed by atoms with van der Waals surface area (Å²) in [7, 11) is 1.61. The number of aromatic nitrogens is 2. The van der Waals surface area contributed by atoms with Gasteiger partial charge in [-0.05, 0) is 36.2 Å². The minimum absolute atomic E-state index is 0.356. The molecule has 0 radical (unpaired) electrons. The molecule has 0 bridgehead atoms. The van der Waals surface area contributed by atoms with Crippen molar-refractivity contribution < 1.29 is 14.3 Å². The van der Waals surface area contributed by atoms with Crippen LogP contribution in [-0.4, -0.2) is 49.4 Å². The molecule has 0 aliphatic carbocycles. The van der Waals surface area contributed by atoms with Crippen LogP contribution in [0.15, 0.2) is 59.6 Å². The Morgan fingerprint density at radius 1 is 1.16 bits per heavy atom. The van der Waals surface area contributed by atoms with Crippen LogP contribution in [0.25, 0.3) is 11.4 Å². The first-order valence-corrected chi connectivity index (χ1v) is 10.9. The van der Waals surface area contributed by atoms with Crippen molar-refractivity contribution in [3.63, 3.8) is 0 Å². The lowest BCUT2D eigenvalue weighted by molar-refractivity contribution is 0.122. The number of carbonyl (C=O) groups excluding carboxylic acids is 1. The molecule has 1 aromatic heterocycles. The number of anilines is 3. The number of amides is 2. The van der Waals surface area contributed by atoms with Crippen molar-refractivity contribution in [1.29, 1.82) is 0 Å². The number of urea groups is 1. The fraction of sp³-hybridized carbons (Fsp3) is 0.227. The van der Waals surface area contributed by atoms with Gasteiger partial charge in [-0.1, -0.05) is 24.3 Å². The fourth-order valence-corrected chi connectivity index (χ4v) is 3.72. The first kappa shape index (κ1) is 21.7. The van der Waals surface area contributed by atoms with Gasteiger partial charge >= 0.3 is 6.03 Å². The smallest absolute Gasteiger partial charge is 0.329 e. The Hall–Kier alpha value is -3.50. The van der Waals surface area contributed by atoms with Gasteiger partial charge in [0.2, 0.25) is 0 Å². The number of hydrogen-bond acceptors (Lipinski definition) is 8. The zero-order chi connectivity index (χ0) is 22.3. The minimum atomic E-state index is -0.356. The van der Waals surface area contributed by atoms with Gasteiger partial charge in [0.15, 0.2) is 17.4 Å². The zero-order valence-corrected chi connectivity index (χ0v) is 18.4. The maximum atomic E-state index is 12.1. The molecular weight excluding hydrogens is 428 g/mol. The summed E-state index contributed by atoms with van der Waals surface area (Å²) in [5, 5.41) is 2.72. The van der Waals surface area contributed by atoms with Crippen LogP contribution in [0.2, 0.25) is 0 Å². The highest BCUT2D eigenvalue weighted by molar-refractivity contribution is 7.98. The summed E-state index contributed by atoms with van der Waals surface area (Å²) >= 11 is 1.20. The quantitative estimate of drug-likeness (QED) is 0.385. The lowest BCUT2D eigenvalue weighted by Crippen LogP contribution is -2.37. The molecule has 1 aliphatic rings. The summed E-state index contributed by atoms with van der Waals surface area (Å²) < 4.78 is 13.6. The zero-order valence-electron chi connectivity index (χ0n) is 17.6. The van der Waals surface area contributed by atoms with Crippen LogP contribution in [0.4, 0.5) is 22.0 Å². The second-order valence-electron chi connectivity index (χ2n) is 6.95. The summed E-state index contributed by atoms with van der Waals surface area (Å²) in [5.74, 6) is 2.00. The third-order valence-corrected chi connectivity index (χ3v) is 5.65. The van der Waals surface area contributed by atoms with Crippen LogP contribution >= 0.6 is 11.9 Å². The van der Waals surface area contributed by atoms with E-state index in [2.05, 4.69) is 19.9 Å². The molecule has 2 amide bonds. The van der Waals surface area contributed by atoms with Gasteiger partial charge < -0.3 is 25.4 Å². The van der Waals surface area contributed by atoms with E-state index in [1.165, 1.54) is 11.9 Å². The van der Waals surface area contributed by atoms with Crippen molar-refractivity contribution in [1.82, 2.24) is 14.7 Å². The van der Waals surface area contributed by atoms with Crippen LogP contribution < -0.4 is 25.4 Å². The maximum Gasteiger partial charge on any atom is 0.329 e. The molecule has 166 valence electrons. The van der Waals surface area contributed by atoms with Gasteiger partial charge in [-0.25, -0.2) is 14.8 Å². The highest BCUT2D eigenvalue weighted by Gasteiger charge is 2.18. The summed E-state index contributed by atoms with van der Waals surface area (Å²) in [6.07, 6.45) is 1.69. The molecule has 0 atom stereocenters. The van der Waals surface area contributed by atoms with E-state index in [0.29, 0.717) is 36.2 Å². The summed E-state index contributed by atoms with van der Waals surface area (Å²) in [5.41, 5.74) is 7.79. The van der Waals surface area contributed by atoms with Gasteiger partial charge in [0.05, 0.1) is 37.9 Å². The third-order valence-electron chi connectivity index (χ3n) is 4.85. The molecule has 1 saturated heterocycles. The van der Waals surface area contributed by atoms with Crippen LogP contribution in [0, 0.1) is 0 Å². The lowest BCUT2D eigenvalue weighted by atomic mass is 10.2. The Kier molecular flexibility index (Phi) is 6.93. The summed E-state index contributed by atoms with van der Waals surface area (Å²) in [6.45, 7) is 2.83. The Morgan fingerprint density at radius 2 is 1.91 bits per heavy atom. The number of hydrogen-bond donors (Lipinski definition) is 3. The van der Waals surface area contributed by atoms with E-state index in [-0.39, 0.29) is 6.03 Å². The van der Waals surface area contributed by atoms with E-state index in [4.69, 9.17) is 20.2 Å². The molecule has 1 aliphatic heterocycles. The number of nitrogens with two attached hydrogens (primary N) is 1. The predicted octanol–water partition coefficient (Wildman–Crippen LogP) is 3.40. The molecule has 2 heterocycles. The van der Waals surface area contributed by atoms with Crippen LogP contribution in [0.1, 0.15) is 0 Å². The first-order chi connectivity index (χ1) is 15.6. The van der Waals surface area contributed by atoms with E-state index < -0.39 is 0 Å². The van der Waals surface area contributed by atoms with E-state index >= 15 is 0 Å². The Bertz CT molecular complexity index is 1070. The van der Waals surface area contributed by atoms with E-state index in [1.807, 2.05) is 36.4 Å². The van der Waals surface area contributed by atoms with Gasteiger partial charge in [0, 0.05) is 23.5 Å². The molecule has 32 heavy (non-hydrogen) atoms. The van der Waals surface area contributed by atoms with Gasteiger partial charge in [0.25, 0.3) is 0 Å². The largest absolute Gasteiger partial charge is 0.491 e. The molecule has 2 aromatic carbocycles. The molecular formula is C22H24N6O3S. The van der Waals surface area contributed by atoms with Gasteiger partial charge in [-0.2, -0.15) is 0 Å². The van der Waals surface area contributed by atoms with Crippen molar-refractivity contribution in [2.24, 2.45) is 0 Å². The SMILES string of the molecule is COc1cnc(-c2ccc(SNC(=O)Nc3ccccc3N)cc2)nc1N1CCOCC1. The number of ether oxygens (including phenoxy) is 2. The summed E-state index contributed by atoms with van der Waals surface area (Å²) in [4.78, 5) is 24.3. The monoisotopic (exact) mass is 452 g/mol. The topological polar surface area (TPSA) is 115 Å². The predicted molar refractivity (Wildman–Crippen MR) is 126 cm³/mol. The Morgan fingerprint density at radius 3 is 2.62 bits per heavy atom. The van der Waals surface area contributed by atoms with Crippen molar-refractivity contribution >= 4 is 35.2 Å². The number of nitrogens with zero attached hydrogens (tertiary/aromatic N) is 3. The highest BCUT2D eigenvalue weighted by atomic mass is 32.2. The van der Waals surface area contributed by atoms with Gasteiger partial charge in [-0.3, -0.25) is 4.72 Å². The average molecular weight is 453 g/mol. The highest BCUT2D eigenvalue weighted by Crippen LogP contribution is 2.29. The summed E-state index contributed by atoms with van der Waals surface area (Å²) in [6, 6.07) is 14.4. The molecule has 0 spiro atoms. The molecule has 4 N–H and O–H groups in total. The molecule has 10 heteroatoms. The number of nitrogen functional groups attached to an aromatic ring is 1. The second-order valence-corrected chi connectivity index (χ2v) is 7.83. The Labute approximate surface area is 190 Å². The third kappa shape index (κ3) is 5.21. The molecule has 0 unspecified atom stereocenters. The molecule has 1 fully saturated rings. The number of rotatable bonds is 6. The normalized spacial score (nSPS) is 13.5. The number of benzene rings is 2. The molecule has 0 saturated carbocycles. The van der Waals surface area contributed by atoms with E-state index in [0.717, 1.165) is 29.4 Å². The van der Waals surface area contributed by atoms with E-state index in [1.54, 1.807) is 25.4 Å². The maximum absolute atomic E-state index is 12.1. The second kappa shape index (κ2) is 10.2. The standard InChI is InChI=1S/C22H24N6O3S/c1-30-19-14-24-20(26-21(19)28-10-12-31-13-11-28)15-6-8-16(9-7-15)32-27-22(29)25-18-5-3-2-4-17(18)23/h2-9,14H,10-13,23H2,1H3,(H2,25,27,29). The Balaban J connectivity index is 1.41. The van der Waals surface area contributed by atoms with Crippen molar-refractivity contribution in [3.8, 4) is 17.1 Å².